The highest BCUT2D eigenvalue weighted by atomic mass is 16.5. The minimum absolute atomic E-state index is 0.351. The third-order valence-electron chi connectivity index (χ3n) is 6.62. The zero-order chi connectivity index (χ0) is 26.8. The Morgan fingerprint density at radius 3 is 1.17 bits per heavy atom. The van der Waals surface area contributed by atoms with E-state index in [2.05, 4.69) is 51.3 Å². The van der Waals surface area contributed by atoms with Crippen LogP contribution in [0.5, 0.6) is 11.5 Å². The fourth-order valence-electron chi connectivity index (χ4n) is 4.76. The molecule has 0 saturated carbocycles. The molecule has 0 saturated heterocycles. The van der Waals surface area contributed by atoms with Crippen LogP contribution in [-0.2, 0) is 12.8 Å². The zero-order valence-corrected chi connectivity index (χ0v) is 23.5. The van der Waals surface area contributed by atoms with Gasteiger partial charge < -0.3 is 19.3 Å². The van der Waals surface area contributed by atoms with Gasteiger partial charge in [0.1, 0.15) is 11.5 Å². The molecule has 0 amide bonds. The van der Waals surface area contributed by atoms with Gasteiger partial charge in [0, 0.05) is 59.8 Å². The first-order chi connectivity index (χ1) is 17.3. The number of nitrogens with zero attached hydrogens (tertiary/aromatic N) is 2. The van der Waals surface area contributed by atoms with Gasteiger partial charge >= 0.3 is 0 Å². The van der Waals surface area contributed by atoms with Gasteiger partial charge in [-0.15, -0.1) is 0 Å². The minimum Gasteiger partial charge on any atom is -0.493 e. The number of Topliss-reactive ketones (excluding diaryl/α,β-unsaturated/α-hetero) is 2. The summed E-state index contributed by atoms with van der Waals surface area (Å²) in [5, 5.41) is 0. The molecule has 6 nitrogen and oxygen atoms in total. The maximum Gasteiger partial charge on any atom is 0.233 e. The number of ether oxygens (including phenoxy) is 2. The van der Waals surface area contributed by atoms with E-state index in [-0.39, 0.29) is 0 Å². The number of hydrogen-bond donors (Lipinski definition) is 0. The zero-order valence-electron chi connectivity index (χ0n) is 23.5. The van der Waals surface area contributed by atoms with Gasteiger partial charge in [-0.25, -0.2) is 0 Å². The first-order valence-electron chi connectivity index (χ1n) is 13.5. The molecule has 0 aromatic heterocycles. The number of carbonyl (C=O) groups excluding carboxylic acids is 2. The molecule has 0 N–H and O–H groups in total. The van der Waals surface area contributed by atoms with Crippen molar-refractivity contribution in [2.45, 2.75) is 68.2 Å². The summed E-state index contributed by atoms with van der Waals surface area (Å²) in [4.78, 5) is 31.6. The van der Waals surface area contributed by atoms with Crippen molar-refractivity contribution in [2.24, 2.45) is 0 Å². The highest BCUT2D eigenvalue weighted by molar-refractivity contribution is 6.49. The van der Waals surface area contributed by atoms with Crippen LogP contribution in [0.15, 0.2) is 24.3 Å². The Kier molecular flexibility index (Phi) is 11.3. The standard InChI is InChI=1S/C30H44N2O4/c1-9-23-25(31(11-3)12-4)17-21(19-27(23)35-15-7)29(33)30(34)22-18-26(32(13-5)14-6)24(10-2)28(20-22)36-16-8/h17-20H,9-16H2,1-8H3. The summed E-state index contributed by atoms with van der Waals surface area (Å²) >= 11 is 0. The fraction of sp³-hybridized carbons (Fsp3) is 0.533. The van der Waals surface area contributed by atoms with Crippen molar-refractivity contribution in [3.8, 4) is 11.5 Å². The summed E-state index contributed by atoms with van der Waals surface area (Å²) in [6.45, 7) is 20.5. The average molecular weight is 497 g/mol. The normalized spacial score (nSPS) is 10.8. The predicted octanol–water partition coefficient (Wildman–Crippen LogP) is 6.37. The molecule has 0 unspecified atom stereocenters. The molecule has 6 heteroatoms. The van der Waals surface area contributed by atoms with Crippen molar-refractivity contribution < 1.29 is 19.1 Å². The molecule has 0 aliphatic heterocycles. The third kappa shape index (κ3) is 6.21. The van der Waals surface area contributed by atoms with Crippen LogP contribution in [-0.4, -0.2) is 51.0 Å². The van der Waals surface area contributed by atoms with Gasteiger partial charge in [0.2, 0.25) is 11.6 Å². The quantitative estimate of drug-likeness (QED) is 0.211. The van der Waals surface area contributed by atoms with Crippen LogP contribution in [0.4, 0.5) is 11.4 Å². The van der Waals surface area contributed by atoms with E-state index in [1.165, 1.54) is 0 Å². The molecule has 0 bridgehead atoms. The van der Waals surface area contributed by atoms with Gasteiger partial charge in [0.25, 0.3) is 0 Å². The van der Waals surface area contributed by atoms with E-state index >= 15 is 0 Å². The number of rotatable bonds is 15. The average Bonchev–Trinajstić information content (AvgIpc) is 2.89. The Labute approximate surface area is 217 Å². The molecule has 2 aromatic rings. The van der Waals surface area contributed by atoms with E-state index in [0.29, 0.717) is 35.8 Å². The monoisotopic (exact) mass is 496 g/mol. The topological polar surface area (TPSA) is 59.1 Å². The lowest BCUT2D eigenvalue weighted by molar-refractivity contribution is 0.0816. The second-order valence-electron chi connectivity index (χ2n) is 8.52. The lowest BCUT2D eigenvalue weighted by Crippen LogP contribution is -2.25. The lowest BCUT2D eigenvalue weighted by Gasteiger charge is -2.27. The van der Waals surface area contributed by atoms with E-state index in [9.17, 15) is 9.59 Å². The Bertz CT molecular complexity index is 956. The molecule has 0 radical (unpaired) electrons. The highest BCUT2D eigenvalue weighted by Gasteiger charge is 2.25. The van der Waals surface area contributed by atoms with Crippen molar-refractivity contribution >= 4 is 22.9 Å². The smallest absolute Gasteiger partial charge is 0.233 e. The summed E-state index contributed by atoms with van der Waals surface area (Å²) in [5.74, 6) is 0.259. The van der Waals surface area contributed by atoms with Crippen molar-refractivity contribution in [1.29, 1.82) is 0 Å². The summed E-state index contributed by atoms with van der Waals surface area (Å²) in [6, 6.07) is 7.16. The molecular formula is C30H44N2O4. The van der Waals surface area contributed by atoms with Gasteiger partial charge in [-0.1, -0.05) is 13.8 Å². The van der Waals surface area contributed by atoms with Crippen LogP contribution >= 0.6 is 0 Å². The first-order valence-corrected chi connectivity index (χ1v) is 13.5. The first kappa shape index (κ1) is 29.2. The number of hydrogen-bond acceptors (Lipinski definition) is 6. The van der Waals surface area contributed by atoms with Crippen LogP contribution in [0, 0.1) is 0 Å². The molecule has 0 heterocycles. The van der Waals surface area contributed by atoms with E-state index in [0.717, 1.165) is 61.5 Å². The van der Waals surface area contributed by atoms with Crippen molar-refractivity contribution in [3.63, 3.8) is 0 Å². The van der Waals surface area contributed by atoms with E-state index < -0.39 is 11.6 Å². The second-order valence-corrected chi connectivity index (χ2v) is 8.52. The van der Waals surface area contributed by atoms with Crippen molar-refractivity contribution in [2.75, 3.05) is 49.2 Å². The van der Waals surface area contributed by atoms with E-state index in [1.807, 2.05) is 26.0 Å². The molecule has 0 aliphatic carbocycles. The SMILES string of the molecule is CCOc1cc(C(=O)C(=O)c2cc(OCC)c(CC)c(N(CC)CC)c2)cc(N(CC)CC)c1CC. The minimum atomic E-state index is -0.538. The van der Waals surface area contributed by atoms with Gasteiger partial charge in [0.15, 0.2) is 0 Å². The molecule has 0 fully saturated rings. The third-order valence-corrected chi connectivity index (χ3v) is 6.62. The summed E-state index contributed by atoms with van der Waals surface area (Å²) < 4.78 is 11.9. The molecule has 0 aliphatic rings. The lowest BCUT2D eigenvalue weighted by atomic mass is 9.95. The maximum absolute atomic E-state index is 13.6. The van der Waals surface area contributed by atoms with Crippen molar-refractivity contribution in [3.05, 3.63) is 46.5 Å². The van der Waals surface area contributed by atoms with Crippen LogP contribution in [0.2, 0.25) is 0 Å². The number of anilines is 2. The maximum atomic E-state index is 13.6. The van der Waals surface area contributed by atoms with Crippen LogP contribution in [0.3, 0.4) is 0 Å². The van der Waals surface area contributed by atoms with Gasteiger partial charge in [0.05, 0.1) is 13.2 Å². The molecule has 2 aromatic carbocycles. The summed E-state index contributed by atoms with van der Waals surface area (Å²) in [6.07, 6.45) is 1.54. The van der Waals surface area contributed by atoms with Gasteiger partial charge in [-0.2, -0.15) is 0 Å². The van der Waals surface area contributed by atoms with Gasteiger partial charge in [-0.3, -0.25) is 9.59 Å². The number of ketones is 2. The van der Waals surface area contributed by atoms with Crippen LogP contribution < -0.4 is 19.3 Å². The molecule has 198 valence electrons. The van der Waals surface area contributed by atoms with E-state index in [1.54, 1.807) is 12.1 Å². The Morgan fingerprint density at radius 1 is 0.583 bits per heavy atom. The largest absolute Gasteiger partial charge is 0.493 e. The van der Waals surface area contributed by atoms with Crippen LogP contribution in [0.25, 0.3) is 0 Å². The molecule has 0 atom stereocenters. The Morgan fingerprint density at radius 2 is 0.917 bits per heavy atom. The predicted molar refractivity (Wildman–Crippen MR) is 150 cm³/mol. The molecule has 36 heavy (non-hydrogen) atoms. The fourth-order valence-corrected chi connectivity index (χ4v) is 4.76. The Balaban J connectivity index is 2.67. The summed E-state index contributed by atoms with van der Waals surface area (Å²) in [7, 11) is 0. The molecule has 0 spiro atoms. The summed E-state index contributed by atoms with van der Waals surface area (Å²) in [5.41, 5.74) is 4.71. The number of carbonyl (C=O) groups is 2. The molecule has 2 rings (SSSR count). The molecular weight excluding hydrogens is 452 g/mol. The van der Waals surface area contributed by atoms with E-state index in [4.69, 9.17) is 9.47 Å². The van der Waals surface area contributed by atoms with Crippen LogP contribution in [0.1, 0.15) is 87.2 Å². The Hall–Kier alpha value is -3.02. The highest BCUT2D eigenvalue weighted by Crippen LogP contribution is 2.35. The van der Waals surface area contributed by atoms with Gasteiger partial charge in [-0.05, 0) is 78.6 Å². The van der Waals surface area contributed by atoms with Crippen molar-refractivity contribution in [1.82, 2.24) is 0 Å². The number of benzene rings is 2. The second kappa shape index (κ2) is 13.9.